The standard InChI is InChI=1S/C23H21F3N2O4S/c1-3-7-15-8-4-5-11-20(15)32-22-19(12-16(14-27-22)23(24,25)26)21(29)28-17-9-6-10-18(13-17)33(2,30)31/h4-6,8-14H,3,7H2,1-2H3,(H,28,29). The lowest BCUT2D eigenvalue weighted by Gasteiger charge is -2.15. The Kier molecular flexibility index (Phi) is 7.06. The van der Waals surface area contributed by atoms with Crippen LogP contribution in [0.5, 0.6) is 11.6 Å². The number of benzene rings is 2. The lowest BCUT2D eigenvalue weighted by Crippen LogP contribution is -2.16. The molecule has 33 heavy (non-hydrogen) atoms. The molecule has 0 saturated heterocycles. The van der Waals surface area contributed by atoms with E-state index in [0.717, 1.165) is 18.2 Å². The monoisotopic (exact) mass is 478 g/mol. The Bertz CT molecular complexity index is 1270. The number of nitrogens with zero attached hydrogens (tertiary/aromatic N) is 1. The second-order valence-electron chi connectivity index (χ2n) is 7.29. The van der Waals surface area contributed by atoms with Gasteiger partial charge in [0, 0.05) is 18.1 Å². The fourth-order valence-corrected chi connectivity index (χ4v) is 3.70. The number of nitrogens with one attached hydrogen (secondary N) is 1. The first-order valence-electron chi connectivity index (χ1n) is 9.93. The molecule has 0 bridgehead atoms. The van der Waals surface area contributed by atoms with E-state index in [1.54, 1.807) is 18.2 Å². The first kappa shape index (κ1) is 24.2. The predicted octanol–water partition coefficient (Wildman–Crippen LogP) is 5.50. The van der Waals surface area contributed by atoms with Crippen LogP contribution in [0.25, 0.3) is 0 Å². The minimum atomic E-state index is -4.73. The van der Waals surface area contributed by atoms with Gasteiger partial charge in [0.2, 0.25) is 5.88 Å². The van der Waals surface area contributed by atoms with Gasteiger partial charge in [0.15, 0.2) is 9.84 Å². The average Bonchev–Trinajstić information content (AvgIpc) is 2.74. The fraction of sp³-hybridized carbons (Fsp3) is 0.217. The first-order chi connectivity index (χ1) is 15.5. The molecule has 0 aliphatic heterocycles. The minimum absolute atomic E-state index is 0.0487. The number of para-hydroxylation sites is 1. The second-order valence-corrected chi connectivity index (χ2v) is 9.30. The van der Waals surface area contributed by atoms with Crippen molar-refractivity contribution in [1.29, 1.82) is 0 Å². The van der Waals surface area contributed by atoms with Gasteiger partial charge in [-0.2, -0.15) is 13.2 Å². The van der Waals surface area contributed by atoms with Gasteiger partial charge in [0.25, 0.3) is 5.91 Å². The van der Waals surface area contributed by atoms with Crippen molar-refractivity contribution in [2.45, 2.75) is 30.8 Å². The number of sulfone groups is 1. The summed E-state index contributed by atoms with van der Waals surface area (Å²) >= 11 is 0. The number of aromatic nitrogens is 1. The molecule has 174 valence electrons. The molecule has 6 nitrogen and oxygen atoms in total. The zero-order valence-electron chi connectivity index (χ0n) is 17.8. The number of ether oxygens (including phenoxy) is 1. The van der Waals surface area contributed by atoms with Crippen LogP contribution in [0.15, 0.2) is 65.7 Å². The van der Waals surface area contributed by atoms with Crippen molar-refractivity contribution < 1.29 is 31.1 Å². The average molecular weight is 478 g/mol. The summed E-state index contributed by atoms with van der Waals surface area (Å²) in [5.74, 6) is -0.856. The maximum absolute atomic E-state index is 13.3. The number of pyridine rings is 1. The quantitative estimate of drug-likeness (QED) is 0.485. The van der Waals surface area contributed by atoms with Gasteiger partial charge in [0.1, 0.15) is 11.3 Å². The summed E-state index contributed by atoms with van der Waals surface area (Å²) in [6.45, 7) is 1.97. The van der Waals surface area contributed by atoms with E-state index in [1.807, 2.05) is 13.0 Å². The molecule has 0 aliphatic carbocycles. The molecule has 1 amide bonds. The molecule has 0 atom stereocenters. The number of amides is 1. The molecule has 1 aromatic heterocycles. The zero-order valence-corrected chi connectivity index (χ0v) is 18.6. The van der Waals surface area contributed by atoms with Crippen LogP contribution in [0.4, 0.5) is 18.9 Å². The van der Waals surface area contributed by atoms with Crippen LogP contribution in [0.3, 0.4) is 0 Å². The Balaban J connectivity index is 2.01. The zero-order chi connectivity index (χ0) is 24.2. The number of anilines is 1. The third-order valence-electron chi connectivity index (χ3n) is 4.64. The minimum Gasteiger partial charge on any atom is -0.438 e. The van der Waals surface area contributed by atoms with E-state index in [2.05, 4.69) is 10.3 Å². The Morgan fingerprint density at radius 3 is 2.48 bits per heavy atom. The van der Waals surface area contributed by atoms with Crippen LogP contribution < -0.4 is 10.1 Å². The number of alkyl halides is 3. The highest BCUT2D eigenvalue weighted by Crippen LogP contribution is 2.34. The summed E-state index contributed by atoms with van der Waals surface area (Å²) in [6.07, 6.45) is -1.65. The summed E-state index contributed by atoms with van der Waals surface area (Å²) < 4.78 is 69.2. The molecule has 0 aliphatic rings. The van der Waals surface area contributed by atoms with Crippen LogP contribution in [0.1, 0.15) is 34.8 Å². The van der Waals surface area contributed by atoms with E-state index in [-0.39, 0.29) is 16.5 Å². The van der Waals surface area contributed by atoms with Crippen LogP contribution in [-0.2, 0) is 22.4 Å². The highest BCUT2D eigenvalue weighted by molar-refractivity contribution is 7.90. The van der Waals surface area contributed by atoms with E-state index in [4.69, 9.17) is 4.74 Å². The molecule has 0 saturated carbocycles. The molecule has 1 heterocycles. The maximum Gasteiger partial charge on any atom is 0.417 e. The van der Waals surface area contributed by atoms with Gasteiger partial charge in [-0.3, -0.25) is 4.79 Å². The topological polar surface area (TPSA) is 85.4 Å². The van der Waals surface area contributed by atoms with E-state index < -0.39 is 33.0 Å². The number of rotatable bonds is 7. The van der Waals surface area contributed by atoms with Gasteiger partial charge in [-0.15, -0.1) is 0 Å². The van der Waals surface area contributed by atoms with Crippen molar-refractivity contribution in [3.05, 3.63) is 77.5 Å². The third-order valence-corrected chi connectivity index (χ3v) is 5.75. The molecule has 0 unspecified atom stereocenters. The highest BCUT2D eigenvalue weighted by atomic mass is 32.2. The predicted molar refractivity (Wildman–Crippen MR) is 117 cm³/mol. The van der Waals surface area contributed by atoms with Crippen molar-refractivity contribution in [2.75, 3.05) is 11.6 Å². The molecule has 3 rings (SSSR count). The number of hydrogen-bond donors (Lipinski definition) is 1. The van der Waals surface area contributed by atoms with Crippen molar-refractivity contribution in [1.82, 2.24) is 4.98 Å². The number of carbonyl (C=O) groups excluding carboxylic acids is 1. The molecule has 0 fully saturated rings. The summed E-state index contributed by atoms with van der Waals surface area (Å²) in [4.78, 5) is 16.6. The third kappa shape index (κ3) is 6.10. The van der Waals surface area contributed by atoms with Crippen molar-refractivity contribution in [2.24, 2.45) is 0 Å². The van der Waals surface area contributed by atoms with Crippen LogP contribution in [0.2, 0.25) is 0 Å². The molecule has 10 heteroatoms. The van der Waals surface area contributed by atoms with Crippen molar-refractivity contribution in [3.63, 3.8) is 0 Å². The van der Waals surface area contributed by atoms with Crippen LogP contribution >= 0.6 is 0 Å². The lowest BCUT2D eigenvalue weighted by molar-refractivity contribution is -0.137. The van der Waals surface area contributed by atoms with E-state index in [1.165, 1.54) is 24.3 Å². The van der Waals surface area contributed by atoms with Crippen molar-refractivity contribution in [3.8, 4) is 11.6 Å². The van der Waals surface area contributed by atoms with E-state index in [9.17, 15) is 26.4 Å². The van der Waals surface area contributed by atoms with Crippen LogP contribution in [-0.4, -0.2) is 25.6 Å². The van der Waals surface area contributed by atoms with Gasteiger partial charge in [-0.1, -0.05) is 37.6 Å². The molecule has 3 aromatic rings. The summed E-state index contributed by atoms with van der Waals surface area (Å²) in [6, 6.07) is 13.0. The smallest absolute Gasteiger partial charge is 0.417 e. The van der Waals surface area contributed by atoms with Gasteiger partial charge < -0.3 is 10.1 Å². The van der Waals surface area contributed by atoms with Crippen molar-refractivity contribution >= 4 is 21.4 Å². The molecule has 2 aromatic carbocycles. The molecular weight excluding hydrogens is 457 g/mol. The second kappa shape index (κ2) is 9.62. The molecule has 1 N–H and O–H groups in total. The highest BCUT2D eigenvalue weighted by Gasteiger charge is 2.33. The maximum atomic E-state index is 13.3. The van der Waals surface area contributed by atoms with Gasteiger partial charge >= 0.3 is 6.18 Å². The van der Waals surface area contributed by atoms with Gasteiger partial charge in [0.05, 0.1) is 10.5 Å². The SMILES string of the molecule is CCCc1ccccc1Oc1ncc(C(F)(F)F)cc1C(=O)Nc1cccc(S(C)(=O)=O)c1. The fourth-order valence-electron chi connectivity index (χ4n) is 3.04. The number of halogens is 3. The van der Waals surface area contributed by atoms with Crippen LogP contribution in [0, 0.1) is 0 Å². The normalized spacial score (nSPS) is 11.8. The van der Waals surface area contributed by atoms with E-state index in [0.29, 0.717) is 24.4 Å². The molecular formula is C23H21F3N2O4S. The number of carbonyl (C=O) groups is 1. The largest absolute Gasteiger partial charge is 0.438 e. The van der Waals surface area contributed by atoms with Gasteiger partial charge in [-0.05, 0) is 42.3 Å². The van der Waals surface area contributed by atoms with E-state index >= 15 is 0 Å². The number of aryl methyl sites for hydroxylation is 1. The Hall–Kier alpha value is -3.40. The lowest BCUT2D eigenvalue weighted by atomic mass is 10.1. The Labute approximate surface area is 189 Å². The summed E-state index contributed by atoms with van der Waals surface area (Å²) in [5.41, 5.74) is -0.654. The summed E-state index contributed by atoms with van der Waals surface area (Å²) in [5, 5.41) is 2.42. The van der Waals surface area contributed by atoms with Gasteiger partial charge in [-0.25, -0.2) is 13.4 Å². The Morgan fingerprint density at radius 2 is 1.82 bits per heavy atom. The Morgan fingerprint density at radius 1 is 1.09 bits per heavy atom. The first-order valence-corrected chi connectivity index (χ1v) is 11.8. The summed E-state index contributed by atoms with van der Waals surface area (Å²) in [7, 11) is -3.55. The molecule has 0 spiro atoms. The number of hydrogen-bond acceptors (Lipinski definition) is 5. The molecule has 0 radical (unpaired) electrons.